The number of hydrogen-bond acceptors (Lipinski definition) is 5. The quantitative estimate of drug-likeness (QED) is 0.453. The van der Waals surface area contributed by atoms with Gasteiger partial charge in [0, 0.05) is 5.54 Å². The van der Waals surface area contributed by atoms with E-state index in [1.807, 2.05) is 20.8 Å². The molecule has 0 radical (unpaired) electrons. The van der Waals surface area contributed by atoms with Crippen molar-refractivity contribution in [1.29, 1.82) is 0 Å². The third kappa shape index (κ3) is 5.35. The Labute approximate surface area is 111 Å². The van der Waals surface area contributed by atoms with Gasteiger partial charge in [-0.15, -0.1) is 0 Å². The maximum absolute atomic E-state index is 11.8. The lowest BCUT2D eigenvalue weighted by Crippen LogP contribution is -2.45. The van der Waals surface area contributed by atoms with Crippen LogP contribution in [0.4, 0.5) is 5.82 Å². The van der Waals surface area contributed by atoms with E-state index in [9.17, 15) is 9.59 Å². The topological polar surface area (TPSA) is 109 Å². The molecule has 0 saturated carbocycles. The molecule has 0 atom stereocenters. The summed E-state index contributed by atoms with van der Waals surface area (Å²) >= 11 is 0. The molecule has 1 aromatic heterocycles. The number of amides is 2. The Morgan fingerprint density at radius 1 is 1.32 bits per heavy atom. The van der Waals surface area contributed by atoms with Gasteiger partial charge in [-0.2, -0.15) is 0 Å². The summed E-state index contributed by atoms with van der Waals surface area (Å²) in [5.74, 6) is 4.90. The highest BCUT2D eigenvalue weighted by Crippen LogP contribution is 2.02. The molecule has 19 heavy (non-hydrogen) atoms. The van der Waals surface area contributed by atoms with Crippen molar-refractivity contribution in [2.24, 2.45) is 5.84 Å². The van der Waals surface area contributed by atoms with Gasteiger partial charge in [-0.05, 0) is 32.9 Å². The molecule has 7 nitrogen and oxygen atoms in total. The maximum atomic E-state index is 11.8. The van der Waals surface area contributed by atoms with E-state index in [0.29, 0.717) is 5.82 Å². The van der Waals surface area contributed by atoms with E-state index in [2.05, 4.69) is 21.0 Å². The van der Waals surface area contributed by atoms with Crippen molar-refractivity contribution in [3.05, 3.63) is 23.9 Å². The van der Waals surface area contributed by atoms with E-state index in [-0.39, 0.29) is 23.7 Å². The third-order valence-corrected chi connectivity index (χ3v) is 2.05. The van der Waals surface area contributed by atoms with Gasteiger partial charge in [-0.1, -0.05) is 6.07 Å². The van der Waals surface area contributed by atoms with Gasteiger partial charge < -0.3 is 16.1 Å². The van der Waals surface area contributed by atoms with Crippen LogP contribution >= 0.6 is 0 Å². The third-order valence-electron chi connectivity index (χ3n) is 2.05. The lowest BCUT2D eigenvalue weighted by atomic mass is 10.1. The van der Waals surface area contributed by atoms with Crippen LogP contribution in [0.25, 0.3) is 0 Å². The molecule has 0 aliphatic rings. The summed E-state index contributed by atoms with van der Waals surface area (Å²) in [5.41, 5.74) is 2.21. The van der Waals surface area contributed by atoms with E-state index in [4.69, 9.17) is 5.84 Å². The fourth-order valence-corrected chi connectivity index (χ4v) is 1.36. The Bertz CT molecular complexity index is 467. The molecular formula is C12H19N5O2. The summed E-state index contributed by atoms with van der Waals surface area (Å²) in [6.07, 6.45) is 0. The number of nitrogens with two attached hydrogens (primary N) is 1. The second-order valence-corrected chi connectivity index (χ2v) is 5.03. The summed E-state index contributed by atoms with van der Waals surface area (Å²) in [7, 11) is 0. The zero-order valence-corrected chi connectivity index (χ0v) is 11.3. The summed E-state index contributed by atoms with van der Waals surface area (Å²) in [4.78, 5) is 27.3. The van der Waals surface area contributed by atoms with Gasteiger partial charge in [0.1, 0.15) is 11.5 Å². The molecule has 0 aromatic carbocycles. The van der Waals surface area contributed by atoms with Crippen LogP contribution < -0.4 is 21.9 Å². The predicted molar refractivity (Wildman–Crippen MR) is 72.3 cm³/mol. The lowest BCUT2D eigenvalue weighted by Gasteiger charge is -2.20. The Morgan fingerprint density at radius 3 is 2.58 bits per heavy atom. The average molecular weight is 265 g/mol. The predicted octanol–water partition coefficient (Wildman–Crippen LogP) is 0.0117. The fourth-order valence-electron chi connectivity index (χ4n) is 1.36. The molecule has 0 unspecified atom stereocenters. The Kier molecular flexibility index (Phi) is 4.82. The van der Waals surface area contributed by atoms with Crippen LogP contribution in [0.3, 0.4) is 0 Å². The second kappa shape index (κ2) is 6.14. The number of nitrogen functional groups attached to an aromatic ring is 1. The average Bonchev–Trinajstić information content (AvgIpc) is 2.34. The number of nitrogens with zero attached hydrogens (tertiary/aromatic N) is 1. The van der Waals surface area contributed by atoms with Crippen LogP contribution in [0.15, 0.2) is 18.2 Å². The summed E-state index contributed by atoms with van der Waals surface area (Å²) < 4.78 is 0. The first-order valence-corrected chi connectivity index (χ1v) is 5.85. The van der Waals surface area contributed by atoms with Crippen molar-refractivity contribution in [1.82, 2.24) is 15.6 Å². The number of anilines is 1. The van der Waals surface area contributed by atoms with Gasteiger partial charge in [0.15, 0.2) is 0 Å². The van der Waals surface area contributed by atoms with E-state index in [0.717, 1.165) is 0 Å². The molecule has 0 aliphatic carbocycles. The molecule has 2 amide bonds. The highest BCUT2D eigenvalue weighted by molar-refractivity contribution is 5.95. The number of nitrogens with one attached hydrogen (secondary N) is 3. The lowest BCUT2D eigenvalue weighted by molar-refractivity contribution is -0.121. The minimum atomic E-state index is -0.429. The van der Waals surface area contributed by atoms with Crippen LogP contribution in [0.2, 0.25) is 0 Å². The Balaban J connectivity index is 2.53. The largest absolute Gasteiger partial charge is 0.350 e. The van der Waals surface area contributed by atoms with E-state index < -0.39 is 5.91 Å². The van der Waals surface area contributed by atoms with Crippen molar-refractivity contribution in [3.8, 4) is 0 Å². The molecule has 0 aliphatic heterocycles. The van der Waals surface area contributed by atoms with Crippen LogP contribution in [0.5, 0.6) is 0 Å². The molecule has 1 rings (SSSR count). The molecule has 0 fully saturated rings. The van der Waals surface area contributed by atoms with Gasteiger partial charge in [0.25, 0.3) is 5.91 Å². The van der Waals surface area contributed by atoms with Gasteiger partial charge in [-0.25, -0.2) is 10.8 Å². The number of aromatic nitrogens is 1. The maximum Gasteiger partial charge on any atom is 0.270 e. The fraction of sp³-hybridized carbons (Fsp3) is 0.417. The van der Waals surface area contributed by atoms with E-state index in [1.165, 1.54) is 6.07 Å². The van der Waals surface area contributed by atoms with Gasteiger partial charge in [0.2, 0.25) is 5.91 Å². The molecule has 1 aromatic rings. The smallest absolute Gasteiger partial charge is 0.270 e. The van der Waals surface area contributed by atoms with Gasteiger partial charge >= 0.3 is 0 Å². The first-order chi connectivity index (χ1) is 8.81. The molecule has 5 N–H and O–H groups in total. The molecule has 7 heteroatoms. The minimum absolute atomic E-state index is 0.0991. The SMILES string of the molecule is CC(C)(C)NC(=O)CNC(=O)c1cccc(NN)n1. The summed E-state index contributed by atoms with van der Waals surface area (Å²) in [6.45, 7) is 5.50. The first kappa shape index (κ1) is 14.9. The number of hydrogen-bond donors (Lipinski definition) is 4. The number of carbonyl (C=O) groups is 2. The first-order valence-electron chi connectivity index (χ1n) is 5.85. The van der Waals surface area contributed by atoms with Crippen molar-refractivity contribution >= 4 is 17.6 Å². The zero-order valence-electron chi connectivity index (χ0n) is 11.3. The molecule has 1 heterocycles. The summed E-state index contributed by atoms with van der Waals surface area (Å²) in [6, 6.07) is 4.81. The van der Waals surface area contributed by atoms with Crippen molar-refractivity contribution < 1.29 is 9.59 Å². The summed E-state index contributed by atoms with van der Waals surface area (Å²) in [5, 5.41) is 5.23. The second-order valence-electron chi connectivity index (χ2n) is 5.03. The Hall–Kier alpha value is -2.15. The molecular weight excluding hydrogens is 246 g/mol. The van der Waals surface area contributed by atoms with Crippen LogP contribution in [0.1, 0.15) is 31.3 Å². The highest BCUT2D eigenvalue weighted by Gasteiger charge is 2.15. The standard InChI is InChI=1S/C12H19N5O2/c1-12(2,3)16-10(18)7-14-11(19)8-5-4-6-9(15-8)17-13/h4-6H,7,13H2,1-3H3,(H,14,19)(H,15,17)(H,16,18). The minimum Gasteiger partial charge on any atom is -0.350 e. The van der Waals surface area contributed by atoms with Crippen LogP contribution in [-0.4, -0.2) is 28.9 Å². The van der Waals surface area contributed by atoms with Crippen LogP contribution in [0, 0.1) is 0 Å². The van der Waals surface area contributed by atoms with Crippen LogP contribution in [-0.2, 0) is 4.79 Å². The number of carbonyl (C=O) groups excluding carboxylic acids is 2. The number of hydrazine groups is 1. The van der Waals surface area contributed by atoms with E-state index in [1.54, 1.807) is 12.1 Å². The molecule has 0 bridgehead atoms. The molecule has 0 spiro atoms. The highest BCUT2D eigenvalue weighted by atomic mass is 16.2. The Morgan fingerprint density at radius 2 is 2.00 bits per heavy atom. The van der Waals surface area contributed by atoms with Crippen molar-refractivity contribution in [2.75, 3.05) is 12.0 Å². The zero-order chi connectivity index (χ0) is 14.5. The number of pyridine rings is 1. The van der Waals surface area contributed by atoms with Gasteiger partial charge in [-0.3, -0.25) is 9.59 Å². The normalized spacial score (nSPS) is 10.7. The van der Waals surface area contributed by atoms with Gasteiger partial charge in [0.05, 0.1) is 6.54 Å². The van der Waals surface area contributed by atoms with Crippen molar-refractivity contribution in [3.63, 3.8) is 0 Å². The number of rotatable bonds is 4. The van der Waals surface area contributed by atoms with E-state index >= 15 is 0 Å². The monoisotopic (exact) mass is 265 g/mol. The molecule has 104 valence electrons. The van der Waals surface area contributed by atoms with Crippen molar-refractivity contribution in [2.45, 2.75) is 26.3 Å². The molecule has 0 saturated heterocycles.